The van der Waals surface area contributed by atoms with E-state index in [0.717, 1.165) is 22.4 Å². The Bertz CT molecular complexity index is 1510. The van der Waals surface area contributed by atoms with E-state index in [2.05, 4.69) is 9.39 Å². The molecule has 0 saturated heterocycles. The quantitative estimate of drug-likeness (QED) is 0.251. The lowest BCUT2D eigenvalue weighted by atomic mass is 10.1. The van der Waals surface area contributed by atoms with Gasteiger partial charge in [0.15, 0.2) is 11.5 Å². The number of nitrogens with one attached hydrogen (secondary N) is 1. The van der Waals surface area contributed by atoms with Crippen molar-refractivity contribution in [1.29, 1.82) is 5.41 Å². The molecule has 2 aliphatic heterocycles. The van der Waals surface area contributed by atoms with Crippen molar-refractivity contribution in [3.05, 3.63) is 64.7 Å². The van der Waals surface area contributed by atoms with E-state index in [9.17, 15) is 18.0 Å². The van der Waals surface area contributed by atoms with E-state index in [1.54, 1.807) is 37.3 Å². The zero-order valence-electron chi connectivity index (χ0n) is 20.5. The molecule has 1 N–H and O–H groups in total. The van der Waals surface area contributed by atoms with Crippen molar-refractivity contribution in [2.24, 2.45) is 9.39 Å². The molecule has 37 heavy (non-hydrogen) atoms. The van der Waals surface area contributed by atoms with Gasteiger partial charge in [0.1, 0.15) is 5.84 Å². The summed E-state index contributed by atoms with van der Waals surface area (Å²) < 4.78 is 40.6. The zero-order valence-corrected chi connectivity index (χ0v) is 22.1. The minimum atomic E-state index is -3.82. The number of esters is 1. The van der Waals surface area contributed by atoms with Crippen LogP contribution in [-0.2, 0) is 14.6 Å². The highest BCUT2D eigenvalue weighted by Crippen LogP contribution is 2.33. The van der Waals surface area contributed by atoms with Gasteiger partial charge < -0.3 is 9.47 Å². The third-order valence-electron chi connectivity index (χ3n) is 5.40. The largest absolute Gasteiger partial charge is 0.490 e. The molecule has 192 valence electrons. The van der Waals surface area contributed by atoms with Crippen LogP contribution in [0.2, 0.25) is 0 Å². The average molecular weight is 541 g/mol. The lowest BCUT2D eigenvalue weighted by Gasteiger charge is -2.25. The van der Waals surface area contributed by atoms with Gasteiger partial charge in [-0.3, -0.25) is 10.2 Å². The van der Waals surface area contributed by atoms with E-state index in [4.69, 9.17) is 14.9 Å². The van der Waals surface area contributed by atoms with Gasteiger partial charge in [-0.2, -0.15) is 9.39 Å². The highest BCUT2D eigenvalue weighted by molar-refractivity contribution is 8.16. The molecule has 0 unspecified atom stereocenters. The molecule has 2 aliphatic rings. The third kappa shape index (κ3) is 5.20. The minimum absolute atomic E-state index is 0.0137. The molecule has 4 rings (SSSR count). The Morgan fingerprint density at radius 2 is 1.95 bits per heavy atom. The maximum atomic E-state index is 12.7. The van der Waals surface area contributed by atoms with Crippen molar-refractivity contribution in [3.8, 4) is 11.5 Å². The number of rotatable bonds is 6. The Hall–Kier alpha value is -3.77. The van der Waals surface area contributed by atoms with Crippen molar-refractivity contribution >= 4 is 55.9 Å². The number of amidine groups is 3. The topological polar surface area (TPSA) is 139 Å². The average Bonchev–Trinajstić information content (AvgIpc) is 3.28. The van der Waals surface area contributed by atoms with Gasteiger partial charge in [0.2, 0.25) is 20.2 Å². The first-order valence-corrected chi connectivity index (χ1v) is 13.6. The lowest BCUT2D eigenvalue weighted by molar-refractivity contribution is -0.114. The van der Waals surface area contributed by atoms with Crippen molar-refractivity contribution in [2.75, 3.05) is 6.61 Å². The van der Waals surface area contributed by atoms with E-state index in [1.807, 2.05) is 13.0 Å². The van der Waals surface area contributed by atoms with E-state index in [1.165, 1.54) is 26.0 Å². The van der Waals surface area contributed by atoms with Crippen LogP contribution in [0.15, 0.2) is 57.4 Å². The van der Waals surface area contributed by atoms with Crippen molar-refractivity contribution in [1.82, 2.24) is 4.90 Å². The summed E-state index contributed by atoms with van der Waals surface area (Å²) in [6.45, 7) is 6.95. The van der Waals surface area contributed by atoms with Crippen LogP contribution in [0, 0.1) is 12.3 Å². The second-order valence-electron chi connectivity index (χ2n) is 8.40. The highest BCUT2D eigenvalue weighted by atomic mass is 32.2. The molecule has 2 aromatic carbocycles. The third-order valence-corrected chi connectivity index (χ3v) is 8.25. The number of hydrogen-bond donors (Lipinski definition) is 1. The van der Waals surface area contributed by atoms with Gasteiger partial charge in [-0.1, -0.05) is 23.8 Å². The fourth-order valence-electron chi connectivity index (χ4n) is 3.46. The molecule has 0 spiro atoms. The molecule has 0 aromatic heterocycles. The highest BCUT2D eigenvalue weighted by Gasteiger charge is 2.43. The molecule has 1 amide bonds. The van der Waals surface area contributed by atoms with E-state index in [-0.39, 0.29) is 39.8 Å². The number of nitrogens with zero attached hydrogens (tertiary/aromatic N) is 3. The summed E-state index contributed by atoms with van der Waals surface area (Å²) in [5.41, 5.74) is 1.64. The number of amides is 1. The van der Waals surface area contributed by atoms with Crippen LogP contribution in [0.4, 0.5) is 0 Å². The van der Waals surface area contributed by atoms with Crippen LogP contribution in [0.3, 0.4) is 0 Å². The molecular weight excluding hydrogens is 516 g/mol. The molecule has 0 radical (unpaired) electrons. The first kappa shape index (κ1) is 26.3. The first-order chi connectivity index (χ1) is 17.5. The number of ether oxygens (including phenoxy) is 2. The molecule has 0 atom stereocenters. The Morgan fingerprint density at radius 3 is 2.62 bits per heavy atom. The van der Waals surface area contributed by atoms with Gasteiger partial charge in [-0.15, -0.1) is 0 Å². The molecular formula is C25H24N4O6S2. The van der Waals surface area contributed by atoms with E-state index < -0.39 is 27.0 Å². The SMILES string of the molecule is CCOc1cc(/C=C2/C(=N)N3C(=NC2=O)SN=C3S(=O)(=O)C(C)C)ccc1OC(=O)c1cccc(C)c1. The standard InChI is InChI=1S/C25H24N4O6S2/c1-5-34-20-13-16(9-10-19(20)35-23(31)17-8-6-7-15(4)11-17)12-18-21(26)29-24(27-22(18)30)36-28-25(29)37(32,33)14(2)3/h6-14,26H,5H2,1-4H3/b18-12-,26-21?. The summed E-state index contributed by atoms with van der Waals surface area (Å²) in [5.74, 6) is -1.15. The smallest absolute Gasteiger partial charge is 0.343 e. The van der Waals surface area contributed by atoms with Crippen LogP contribution in [0.5, 0.6) is 11.5 Å². The zero-order chi connectivity index (χ0) is 26.9. The van der Waals surface area contributed by atoms with Gasteiger partial charge in [-0.05, 0) is 63.6 Å². The summed E-state index contributed by atoms with van der Waals surface area (Å²) in [6.07, 6.45) is 1.40. The van der Waals surface area contributed by atoms with Crippen LogP contribution >= 0.6 is 11.9 Å². The van der Waals surface area contributed by atoms with Crippen molar-refractivity contribution in [2.45, 2.75) is 32.9 Å². The number of aryl methyl sites for hydroxylation is 1. The Morgan fingerprint density at radius 1 is 1.19 bits per heavy atom. The maximum Gasteiger partial charge on any atom is 0.343 e. The van der Waals surface area contributed by atoms with Crippen LogP contribution < -0.4 is 9.47 Å². The molecule has 0 bridgehead atoms. The second-order valence-corrected chi connectivity index (χ2v) is 11.5. The Kier molecular flexibility index (Phi) is 7.32. The molecule has 0 saturated carbocycles. The number of hydrogen-bond acceptors (Lipinski definition) is 9. The van der Waals surface area contributed by atoms with Crippen LogP contribution in [0.25, 0.3) is 6.08 Å². The van der Waals surface area contributed by atoms with Crippen molar-refractivity contribution in [3.63, 3.8) is 0 Å². The lowest BCUT2D eigenvalue weighted by Crippen LogP contribution is -2.46. The normalized spacial score (nSPS) is 16.6. The van der Waals surface area contributed by atoms with Gasteiger partial charge in [0, 0.05) is 0 Å². The summed E-state index contributed by atoms with van der Waals surface area (Å²) in [4.78, 5) is 30.3. The second kappa shape index (κ2) is 10.3. The summed E-state index contributed by atoms with van der Waals surface area (Å²) in [5, 5.41) is 7.50. The predicted molar refractivity (Wildman–Crippen MR) is 143 cm³/mol. The number of sulfone groups is 1. The molecule has 10 nitrogen and oxygen atoms in total. The molecule has 0 fully saturated rings. The summed E-state index contributed by atoms with van der Waals surface area (Å²) in [6, 6.07) is 11.7. The molecule has 2 aromatic rings. The Labute approximate surface area is 218 Å². The monoisotopic (exact) mass is 540 g/mol. The molecule has 0 aliphatic carbocycles. The number of carbonyl (C=O) groups excluding carboxylic acids is 2. The van der Waals surface area contributed by atoms with Crippen LogP contribution in [-0.4, -0.2) is 53.2 Å². The van der Waals surface area contributed by atoms with E-state index >= 15 is 0 Å². The fraction of sp³-hybridized carbons (Fsp3) is 0.240. The first-order valence-electron chi connectivity index (χ1n) is 11.3. The van der Waals surface area contributed by atoms with E-state index in [0.29, 0.717) is 11.1 Å². The fourth-order valence-corrected chi connectivity index (χ4v) is 5.52. The van der Waals surface area contributed by atoms with Crippen molar-refractivity contribution < 1.29 is 27.5 Å². The molecule has 12 heteroatoms. The van der Waals surface area contributed by atoms with Gasteiger partial charge in [0.05, 0.1) is 34.9 Å². The van der Waals surface area contributed by atoms with Gasteiger partial charge in [-0.25, -0.2) is 18.1 Å². The van der Waals surface area contributed by atoms with Crippen LogP contribution in [0.1, 0.15) is 42.3 Å². The maximum absolute atomic E-state index is 12.7. The number of aliphatic imine (C=N–C) groups is 1. The predicted octanol–water partition coefficient (Wildman–Crippen LogP) is 4.01. The van der Waals surface area contributed by atoms with Gasteiger partial charge in [0.25, 0.3) is 5.91 Å². The number of benzene rings is 2. The number of carbonyl (C=O) groups is 2. The Balaban J connectivity index is 1.65. The molecule has 2 heterocycles. The minimum Gasteiger partial charge on any atom is -0.490 e. The summed E-state index contributed by atoms with van der Waals surface area (Å²) >= 11 is 0.738. The van der Waals surface area contributed by atoms with Gasteiger partial charge >= 0.3 is 5.97 Å². The summed E-state index contributed by atoms with van der Waals surface area (Å²) in [7, 11) is -3.82. The number of fused-ring (bicyclic) bond motifs is 1.